The van der Waals surface area contributed by atoms with Gasteiger partial charge in [0.15, 0.2) is 0 Å². The van der Waals surface area contributed by atoms with Crippen molar-refractivity contribution in [1.82, 2.24) is 9.80 Å². The summed E-state index contributed by atoms with van der Waals surface area (Å²) < 4.78 is 11.8. The van der Waals surface area contributed by atoms with Crippen LogP contribution in [0.5, 0.6) is 11.5 Å². The summed E-state index contributed by atoms with van der Waals surface area (Å²) in [5.41, 5.74) is 2.01. The van der Waals surface area contributed by atoms with Gasteiger partial charge in [-0.3, -0.25) is 9.59 Å². The molecule has 6 nitrogen and oxygen atoms in total. The van der Waals surface area contributed by atoms with Crippen molar-refractivity contribution in [2.24, 2.45) is 11.3 Å². The summed E-state index contributed by atoms with van der Waals surface area (Å²) in [5, 5.41) is 0. The van der Waals surface area contributed by atoms with E-state index in [2.05, 4.69) is 26.0 Å². The number of aryl methyl sites for hydroxylation is 1. The molecule has 0 unspecified atom stereocenters. The second kappa shape index (κ2) is 13.2. The Balaban J connectivity index is 1.39. The van der Waals surface area contributed by atoms with Gasteiger partial charge in [0.25, 0.3) is 5.91 Å². The minimum absolute atomic E-state index is 0.0515. The molecule has 4 rings (SSSR count). The van der Waals surface area contributed by atoms with Gasteiger partial charge in [-0.25, -0.2) is 0 Å². The zero-order valence-electron chi connectivity index (χ0n) is 23.4. The third-order valence-electron chi connectivity index (χ3n) is 7.96. The average Bonchev–Trinajstić information content (AvgIpc) is 2.92. The first kappa shape index (κ1) is 28.0. The molecular formula is C32H44N2O4. The summed E-state index contributed by atoms with van der Waals surface area (Å²) in [7, 11) is 1.94. The first-order valence-corrected chi connectivity index (χ1v) is 14.3. The van der Waals surface area contributed by atoms with E-state index >= 15 is 0 Å². The number of carbonyl (C=O) groups excluding carboxylic acids is 2. The fourth-order valence-electron chi connectivity index (χ4n) is 5.66. The normalized spacial score (nSPS) is 19.0. The van der Waals surface area contributed by atoms with Crippen LogP contribution in [0.3, 0.4) is 0 Å². The van der Waals surface area contributed by atoms with E-state index < -0.39 is 0 Å². The van der Waals surface area contributed by atoms with E-state index in [1.165, 1.54) is 5.56 Å². The van der Waals surface area contributed by atoms with Crippen LogP contribution in [0.4, 0.5) is 0 Å². The molecule has 6 heteroatoms. The third-order valence-corrected chi connectivity index (χ3v) is 7.96. The number of hydrogen-bond acceptors (Lipinski definition) is 4. The lowest BCUT2D eigenvalue weighted by atomic mass is 9.73. The highest BCUT2D eigenvalue weighted by atomic mass is 16.5. The molecule has 2 aliphatic heterocycles. The number of hydrogen-bond donors (Lipinski definition) is 0. The minimum Gasteiger partial charge on any atom is -0.493 e. The fourth-order valence-corrected chi connectivity index (χ4v) is 5.66. The summed E-state index contributed by atoms with van der Waals surface area (Å²) in [6, 6.07) is 15.8. The predicted octanol–water partition coefficient (Wildman–Crippen LogP) is 5.99. The minimum atomic E-state index is 0.0515. The number of amides is 2. The van der Waals surface area contributed by atoms with E-state index in [1.807, 2.05) is 53.2 Å². The number of para-hydroxylation sites is 1. The Bertz CT molecular complexity index is 1060. The van der Waals surface area contributed by atoms with Gasteiger partial charge in [-0.15, -0.1) is 0 Å². The van der Waals surface area contributed by atoms with Gasteiger partial charge in [-0.05, 0) is 85.8 Å². The number of rotatable bonds is 4. The van der Waals surface area contributed by atoms with Crippen molar-refractivity contribution in [3.05, 3.63) is 59.7 Å². The average molecular weight is 521 g/mol. The van der Waals surface area contributed by atoms with Gasteiger partial charge in [0.1, 0.15) is 11.5 Å². The molecule has 0 bridgehead atoms. The first-order valence-electron chi connectivity index (χ1n) is 14.3. The van der Waals surface area contributed by atoms with Crippen LogP contribution in [-0.2, 0) is 11.2 Å². The fraction of sp³-hybridized carbons (Fsp3) is 0.562. The molecule has 2 aromatic carbocycles. The standard InChI is InChI=1S/C32H44N2O4/c1-25(2)23-38-28-15-13-27(14-16-28)31(36)34-20-18-32(19-21-34)17-7-6-10-26-9-4-5-11-29(26)37-22-8-12-30(35)33(3)24-32/h4-5,9,11,13-16,25H,6-8,10,12,17-24H2,1-3H3. The van der Waals surface area contributed by atoms with Crippen molar-refractivity contribution in [2.45, 2.75) is 65.2 Å². The Morgan fingerprint density at radius 1 is 0.974 bits per heavy atom. The lowest BCUT2D eigenvalue weighted by Gasteiger charge is -2.44. The van der Waals surface area contributed by atoms with Crippen molar-refractivity contribution < 1.29 is 19.1 Å². The molecule has 2 aromatic rings. The number of piperidine rings is 1. The highest BCUT2D eigenvalue weighted by Gasteiger charge is 2.37. The topological polar surface area (TPSA) is 59.1 Å². The largest absolute Gasteiger partial charge is 0.493 e. The quantitative estimate of drug-likeness (QED) is 0.497. The lowest BCUT2D eigenvalue weighted by molar-refractivity contribution is -0.132. The maximum atomic E-state index is 13.3. The number of fused-ring (bicyclic) bond motifs is 1. The molecule has 38 heavy (non-hydrogen) atoms. The SMILES string of the molecule is CC(C)COc1ccc(C(=O)N2CCC3(CCCCc4ccccc4OCCCC(=O)N(C)C3)CC2)cc1. The number of ether oxygens (including phenoxy) is 2. The number of carbonyl (C=O) groups is 2. The Morgan fingerprint density at radius 3 is 2.45 bits per heavy atom. The van der Waals surface area contributed by atoms with Gasteiger partial charge in [0.2, 0.25) is 5.91 Å². The monoisotopic (exact) mass is 520 g/mol. The molecule has 0 saturated carbocycles. The molecule has 2 heterocycles. The molecule has 1 fully saturated rings. The summed E-state index contributed by atoms with van der Waals surface area (Å²) in [6.07, 6.45) is 7.32. The molecule has 0 atom stereocenters. The van der Waals surface area contributed by atoms with Crippen LogP contribution < -0.4 is 9.47 Å². The van der Waals surface area contributed by atoms with Crippen LogP contribution in [0.1, 0.15) is 74.7 Å². The van der Waals surface area contributed by atoms with Gasteiger partial charge in [-0.1, -0.05) is 38.5 Å². The van der Waals surface area contributed by atoms with Crippen LogP contribution in [0.15, 0.2) is 48.5 Å². The molecule has 0 N–H and O–H groups in total. The number of likely N-dealkylation sites (tertiary alicyclic amines) is 1. The van der Waals surface area contributed by atoms with Crippen molar-refractivity contribution in [1.29, 1.82) is 0 Å². The Morgan fingerprint density at radius 2 is 1.71 bits per heavy atom. The Hall–Kier alpha value is -3.02. The van der Waals surface area contributed by atoms with Crippen molar-refractivity contribution in [3.63, 3.8) is 0 Å². The van der Waals surface area contributed by atoms with E-state index in [1.54, 1.807) is 0 Å². The smallest absolute Gasteiger partial charge is 0.253 e. The van der Waals surface area contributed by atoms with Crippen molar-refractivity contribution in [2.75, 3.05) is 39.9 Å². The lowest BCUT2D eigenvalue weighted by Crippen LogP contribution is -2.48. The third kappa shape index (κ3) is 7.52. The van der Waals surface area contributed by atoms with E-state index in [0.717, 1.165) is 69.7 Å². The zero-order valence-corrected chi connectivity index (χ0v) is 23.4. The Kier molecular flexibility index (Phi) is 9.70. The Labute approximate surface area is 228 Å². The summed E-state index contributed by atoms with van der Waals surface area (Å²) in [6.45, 7) is 7.67. The molecule has 206 valence electrons. The van der Waals surface area contributed by atoms with Crippen LogP contribution >= 0.6 is 0 Å². The van der Waals surface area contributed by atoms with Gasteiger partial charge in [0, 0.05) is 38.7 Å². The second-order valence-corrected chi connectivity index (χ2v) is 11.5. The highest BCUT2D eigenvalue weighted by molar-refractivity contribution is 5.94. The van der Waals surface area contributed by atoms with E-state index in [9.17, 15) is 9.59 Å². The number of nitrogens with zero attached hydrogens (tertiary/aromatic N) is 2. The highest BCUT2D eigenvalue weighted by Crippen LogP contribution is 2.38. The molecule has 0 aliphatic carbocycles. The summed E-state index contributed by atoms with van der Waals surface area (Å²) in [5.74, 6) is 2.47. The van der Waals surface area contributed by atoms with E-state index in [0.29, 0.717) is 37.5 Å². The van der Waals surface area contributed by atoms with E-state index in [-0.39, 0.29) is 17.2 Å². The van der Waals surface area contributed by atoms with Gasteiger partial charge in [0.05, 0.1) is 13.2 Å². The molecular weight excluding hydrogens is 476 g/mol. The predicted molar refractivity (Wildman–Crippen MR) is 151 cm³/mol. The van der Waals surface area contributed by atoms with Crippen LogP contribution in [0, 0.1) is 11.3 Å². The van der Waals surface area contributed by atoms with Crippen LogP contribution in [0.2, 0.25) is 0 Å². The maximum absolute atomic E-state index is 13.3. The molecule has 0 aromatic heterocycles. The van der Waals surface area contributed by atoms with Crippen molar-refractivity contribution in [3.8, 4) is 11.5 Å². The van der Waals surface area contributed by atoms with Crippen LogP contribution in [-0.4, -0.2) is 61.5 Å². The first-order chi connectivity index (χ1) is 18.3. The van der Waals surface area contributed by atoms with Gasteiger partial charge < -0.3 is 19.3 Å². The summed E-state index contributed by atoms with van der Waals surface area (Å²) in [4.78, 5) is 30.1. The zero-order chi connectivity index (χ0) is 27.0. The van der Waals surface area contributed by atoms with Crippen molar-refractivity contribution >= 4 is 11.8 Å². The second-order valence-electron chi connectivity index (χ2n) is 11.5. The molecule has 1 spiro atoms. The molecule has 2 aliphatic rings. The number of benzene rings is 2. The van der Waals surface area contributed by atoms with Crippen LogP contribution in [0.25, 0.3) is 0 Å². The summed E-state index contributed by atoms with van der Waals surface area (Å²) >= 11 is 0. The van der Waals surface area contributed by atoms with E-state index in [4.69, 9.17) is 9.47 Å². The van der Waals surface area contributed by atoms with Gasteiger partial charge >= 0.3 is 0 Å². The van der Waals surface area contributed by atoms with Gasteiger partial charge in [-0.2, -0.15) is 0 Å². The molecule has 1 saturated heterocycles. The molecule has 2 amide bonds. The molecule has 0 radical (unpaired) electrons. The maximum Gasteiger partial charge on any atom is 0.253 e.